The third-order valence-corrected chi connectivity index (χ3v) is 6.41. The minimum atomic E-state index is -0.320. The Bertz CT molecular complexity index is 1010. The molecule has 2 heterocycles. The van der Waals surface area contributed by atoms with E-state index in [1.165, 1.54) is 11.8 Å². The van der Waals surface area contributed by atoms with Crippen LogP contribution in [0.1, 0.15) is 31.2 Å². The zero-order valence-electron chi connectivity index (χ0n) is 16.6. The summed E-state index contributed by atoms with van der Waals surface area (Å²) in [5, 5.41) is 3.80. The van der Waals surface area contributed by atoms with Crippen LogP contribution in [-0.4, -0.2) is 41.3 Å². The molecule has 0 bridgehead atoms. The van der Waals surface area contributed by atoms with E-state index in [4.69, 9.17) is 19.5 Å². The lowest BCUT2D eigenvalue weighted by Gasteiger charge is -2.19. The van der Waals surface area contributed by atoms with Gasteiger partial charge in [0, 0.05) is 17.3 Å². The van der Waals surface area contributed by atoms with Gasteiger partial charge in [-0.05, 0) is 37.8 Å². The van der Waals surface area contributed by atoms with E-state index in [0.717, 1.165) is 42.0 Å². The number of fused-ring (bicyclic) bond motifs is 1. The third kappa shape index (κ3) is 3.94. The summed E-state index contributed by atoms with van der Waals surface area (Å²) in [6.45, 7) is 1.06. The Kier molecular flexibility index (Phi) is 5.21. The van der Waals surface area contributed by atoms with E-state index in [-0.39, 0.29) is 17.3 Å². The van der Waals surface area contributed by atoms with Gasteiger partial charge in [0.2, 0.25) is 5.91 Å². The van der Waals surface area contributed by atoms with Crippen molar-refractivity contribution in [2.24, 2.45) is 9.98 Å². The maximum Gasteiger partial charge on any atom is 0.234 e. The number of amides is 1. The number of nitrogens with one attached hydrogen (secondary N) is 1. The lowest BCUT2D eigenvalue weighted by molar-refractivity contribution is -0.113. The van der Waals surface area contributed by atoms with E-state index < -0.39 is 0 Å². The summed E-state index contributed by atoms with van der Waals surface area (Å²) >= 11 is 1.46. The highest BCUT2D eigenvalue weighted by atomic mass is 32.2. The number of anilines is 1. The number of thioether (sulfide) groups is 1. The fourth-order valence-electron chi connectivity index (χ4n) is 4.02. The summed E-state index contributed by atoms with van der Waals surface area (Å²) < 4.78 is 11.1. The van der Waals surface area contributed by atoms with Crippen molar-refractivity contribution < 1.29 is 14.3 Å². The van der Waals surface area contributed by atoms with Crippen molar-refractivity contribution in [2.45, 2.75) is 31.3 Å². The van der Waals surface area contributed by atoms with Crippen LogP contribution in [0.25, 0.3) is 0 Å². The standard InChI is InChI=1S/C23H23N3O3S/c27-20(24-17-8-9-18-19(14-17)29-13-12-28-18)15-30-22-21(16-6-2-1-3-7-16)25-23(26-22)10-4-5-11-23/h1-3,6-9,14H,4-5,10-13,15H2,(H,24,27). The van der Waals surface area contributed by atoms with Crippen molar-refractivity contribution in [1.29, 1.82) is 0 Å². The SMILES string of the molecule is O=C(CSC1=NC2(CCCC2)N=C1c1ccccc1)Nc1ccc2c(c1)OCCO2. The second-order valence-corrected chi connectivity index (χ2v) is 8.59. The molecule has 1 saturated carbocycles. The van der Waals surface area contributed by atoms with Crippen molar-refractivity contribution in [1.82, 2.24) is 0 Å². The fraction of sp³-hybridized carbons (Fsp3) is 0.348. The number of carbonyl (C=O) groups excluding carboxylic acids is 1. The molecular weight excluding hydrogens is 398 g/mol. The summed E-state index contributed by atoms with van der Waals surface area (Å²) in [7, 11) is 0. The Morgan fingerprint density at radius 1 is 1.00 bits per heavy atom. The van der Waals surface area contributed by atoms with E-state index in [2.05, 4.69) is 17.4 Å². The normalized spacial score (nSPS) is 18.8. The molecule has 0 atom stereocenters. The second-order valence-electron chi connectivity index (χ2n) is 7.63. The van der Waals surface area contributed by atoms with Crippen LogP contribution in [-0.2, 0) is 4.79 Å². The first-order valence-corrected chi connectivity index (χ1v) is 11.3. The minimum absolute atomic E-state index is 0.0841. The van der Waals surface area contributed by atoms with Crippen LogP contribution < -0.4 is 14.8 Å². The molecular formula is C23H23N3O3S. The highest BCUT2D eigenvalue weighted by Crippen LogP contribution is 2.40. The molecule has 5 rings (SSSR count). The summed E-state index contributed by atoms with van der Waals surface area (Å²) in [5.74, 6) is 1.56. The highest BCUT2D eigenvalue weighted by molar-refractivity contribution is 8.16. The number of benzene rings is 2. The summed E-state index contributed by atoms with van der Waals surface area (Å²) in [5.41, 5.74) is 2.34. The van der Waals surface area contributed by atoms with E-state index in [1.807, 2.05) is 30.3 Å². The molecule has 6 nitrogen and oxygen atoms in total. The van der Waals surface area contributed by atoms with Gasteiger partial charge in [0.05, 0.1) is 11.5 Å². The monoisotopic (exact) mass is 421 g/mol. The van der Waals surface area contributed by atoms with Crippen molar-refractivity contribution in [3.8, 4) is 11.5 Å². The Labute approximate surface area is 179 Å². The van der Waals surface area contributed by atoms with Gasteiger partial charge in [-0.2, -0.15) is 0 Å². The first-order valence-electron chi connectivity index (χ1n) is 10.3. The average molecular weight is 422 g/mol. The van der Waals surface area contributed by atoms with Crippen molar-refractivity contribution in [2.75, 3.05) is 24.3 Å². The molecule has 0 saturated heterocycles. The van der Waals surface area contributed by atoms with Crippen LogP contribution in [0.15, 0.2) is 58.5 Å². The molecule has 1 amide bonds. The summed E-state index contributed by atoms with van der Waals surface area (Å²) in [6, 6.07) is 15.6. The molecule has 154 valence electrons. The lowest BCUT2D eigenvalue weighted by Crippen LogP contribution is -2.19. The second kappa shape index (κ2) is 8.14. The molecule has 1 fully saturated rings. The molecule has 0 unspecified atom stereocenters. The molecule has 0 aromatic heterocycles. The van der Waals surface area contributed by atoms with Gasteiger partial charge in [0.15, 0.2) is 17.2 Å². The number of rotatable bonds is 4. The number of ether oxygens (including phenoxy) is 2. The van der Waals surface area contributed by atoms with Gasteiger partial charge in [-0.3, -0.25) is 9.79 Å². The molecule has 1 N–H and O–H groups in total. The zero-order chi connectivity index (χ0) is 20.4. The average Bonchev–Trinajstić information content (AvgIpc) is 3.39. The fourth-order valence-corrected chi connectivity index (χ4v) is 4.90. The molecule has 2 aliphatic heterocycles. The van der Waals surface area contributed by atoms with Crippen LogP contribution in [0.2, 0.25) is 0 Å². The van der Waals surface area contributed by atoms with Gasteiger partial charge in [0.1, 0.15) is 18.3 Å². The van der Waals surface area contributed by atoms with Gasteiger partial charge in [-0.15, -0.1) is 0 Å². The number of nitrogens with zero attached hydrogens (tertiary/aromatic N) is 2. The van der Waals surface area contributed by atoms with Crippen LogP contribution in [0.4, 0.5) is 5.69 Å². The smallest absolute Gasteiger partial charge is 0.234 e. The maximum atomic E-state index is 12.6. The number of hydrogen-bond donors (Lipinski definition) is 1. The molecule has 30 heavy (non-hydrogen) atoms. The van der Waals surface area contributed by atoms with Gasteiger partial charge < -0.3 is 14.8 Å². The van der Waals surface area contributed by atoms with Gasteiger partial charge in [0.25, 0.3) is 0 Å². The molecule has 1 aliphatic carbocycles. The Morgan fingerprint density at radius 3 is 2.57 bits per heavy atom. The van der Waals surface area contributed by atoms with E-state index in [0.29, 0.717) is 30.4 Å². The quantitative estimate of drug-likeness (QED) is 0.799. The topological polar surface area (TPSA) is 72.3 Å². The minimum Gasteiger partial charge on any atom is -0.486 e. The Balaban J connectivity index is 1.27. The summed E-state index contributed by atoms with van der Waals surface area (Å²) in [6.07, 6.45) is 4.27. The van der Waals surface area contributed by atoms with Crippen LogP contribution in [0.5, 0.6) is 11.5 Å². The van der Waals surface area contributed by atoms with E-state index in [1.54, 1.807) is 6.07 Å². The number of hydrogen-bond acceptors (Lipinski definition) is 6. The molecule has 1 spiro atoms. The van der Waals surface area contributed by atoms with Crippen molar-refractivity contribution in [3.05, 3.63) is 54.1 Å². The predicted molar refractivity (Wildman–Crippen MR) is 120 cm³/mol. The Hall–Kier alpha value is -2.80. The van der Waals surface area contributed by atoms with Gasteiger partial charge >= 0.3 is 0 Å². The first kappa shape index (κ1) is 19.2. The molecule has 2 aromatic rings. The van der Waals surface area contributed by atoms with Gasteiger partial charge in [-0.25, -0.2) is 4.99 Å². The van der Waals surface area contributed by atoms with E-state index >= 15 is 0 Å². The zero-order valence-corrected chi connectivity index (χ0v) is 17.4. The first-order chi connectivity index (χ1) is 14.7. The molecule has 7 heteroatoms. The third-order valence-electron chi connectivity index (χ3n) is 5.45. The lowest BCUT2D eigenvalue weighted by atomic mass is 10.1. The molecule has 2 aromatic carbocycles. The number of carbonyl (C=O) groups is 1. The van der Waals surface area contributed by atoms with E-state index in [9.17, 15) is 4.79 Å². The van der Waals surface area contributed by atoms with Crippen molar-refractivity contribution >= 4 is 34.1 Å². The highest BCUT2D eigenvalue weighted by Gasteiger charge is 2.39. The van der Waals surface area contributed by atoms with Crippen LogP contribution in [0.3, 0.4) is 0 Å². The van der Waals surface area contributed by atoms with Crippen LogP contribution in [0, 0.1) is 0 Å². The summed E-state index contributed by atoms with van der Waals surface area (Å²) in [4.78, 5) is 22.6. The largest absolute Gasteiger partial charge is 0.486 e. The molecule has 3 aliphatic rings. The Morgan fingerprint density at radius 2 is 1.77 bits per heavy atom. The van der Waals surface area contributed by atoms with Crippen LogP contribution >= 0.6 is 11.8 Å². The van der Waals surface area contributed by atoms with Crippen molar-refractivity contribution in [3.63, 3.8) is 0 Å². The predicted octanol–water partition coefficient (Wildman–Crippen LogP) is 4.30. The van der Waals surface area contributed by atoms with Gasteiger partial charge in [-0.1, -0.05) is 42.1 Å². The molecule has 0 radical (unpaired) electrons. The number of aliphatic imine (C=N–C) groups is 2. The maximum absolute atomic E-state index is 12.6.